The zero-order valence-electron chi connectivity index (χ0n) is 11.8. The van der Waals surface area contributed by atoms with Gasteiger partial charge in [0.2, 0.25) is 0 Å². The number of thioether (sulfide) groups is 1. The van der Waals surface area contributed by atoms with E-state index in [-0.39, 0.29) is 11.9 Å². The molecule has 0 saturated heterocycles. The Kier molecular flexibility index (Phi) is 6.44. The lowest BCUT2D eigenvalue weighted by atomic mass is 10.3. The third kappa shape index (κ3) is 5.28. The van der Waals surface area contributed by atoms with Crippen molar-refractivity contribution in [3.63, 3.8) is 0 Å². The molecule has 0 saturated carbocycles. The fourth-order valence-electron chi connectivity index (χ4n) is 1.39. The second-order valence-electron chi connectivity index (χ2n) is 4.62. The summed E-state index contributed by atoms with van der Waals surface area (Å²) in [5.74, 6) is 0.156. The van der Waals surface area contributed by atoms with Gasteiger partial charge in [-0.3, -0.25) is 4.79 Å². The smallest absolute Gasteiger partial charge is 0.265 e. The van der Waals surface area contributed by atoms with Crippen molar-refractivity contribution in [2.45, 2.75) is 38.5 Å². The van der Waals surface area contributed by atoms with Crippen molar-refractivity contribution in [1.29, 1.82) is 0 Å². The molecule has 1 amide bonds. The van der Waals surface area contributed by atoms with Crippen LogP contribution >= 0.6 is 23.1 Å². The van der Waals surface area contributed by atoms with Crippen LogP contribution in [0.5, 0.6) is 0 Å². The van der Waals surface area contributed by atoms with E-state index in [0.29, 0.717) is 27.6 Å². The van der Waals surface area contributed by atoms with E-state index in [4.69, 9.17) is 5.73 Å². The molecular formula is C12H22N4OS2. The molecule has 1 aromatic rings. The minimum absolute atomic E-state index is 0.139. The van der Waals surface area contributed by atoms with Crippen LogP contribution in [0, 0.1) is 0 Å². The molecule has 0 spiro atoms. The number of nitrogens with two attached hydrogens (primary N) is 1. The molecule has 0 aliphatic carbocycles. The number of aromatic nitrogens is 1. The number of hydrogen-bond acceptors (Lipinski definition) is 6. The Labute approximate surface area is 122 Å². The number of anilines is 2. The largest absolute Gasteiger partial charge is 0.382 e. The van der Waals surface area contributed by atoms with Crippen LogP contribution in [-0.4, -0.2) is 35.0 Å². The van der Waals surface area contributed by atoms with Crippen LogP contribution in [0.1, 0.15) is 36.9 Å². The van der Waals surface area contributed by atoms with Gasteiger partial charge in [-0.25, -0.2) is 4.98 Å². The first kappa shape index (κ1) is 16.1. The molecule has 0 bridgehead atoms. The molecule has 7 heteroatoms. The second-order valence-corrected chi connectivity index (χ2v) is 6.90. The monoisotopic (exact) mass is 302 g/mol. The molecule has 0 aliphatic heterocycles. The first-order valence-electron chi connectivity index (χ1n) is 6.27. The van der Waals surface area contributed by atoms with Gasteiger partial charge in [-0.15, -0.1) is 0 Å². The summed E-state index contributed by atoms with van der Waals surface area (Å²) < 4.78 is 0. The lowest BCUT2D eigenvalue weighted by Gasteiger charge is -2.08. The predicted octanol–water partition coefficient (Wildman–Crippen LogP) is 2.42. The number of nitrogens with one attached hydrogen (secondary N) is 2. The minimum Gasteiger partial charge on any atom is -0.382 e. The van der Waals surface area contributed by atoms with Crippen molar-refractivity contribution >= 4 is 40.0 Å². The predicted molar refractivity (Wildman–Crippen MR) is 85.2 cm³/mol. The van der Waals surface area contributed by atoms with Gasteiger partial charge in [-0.1, -0.05) is 18.3 Å². The number of carbonyl (C=O) groups is 1. The van der Waals surface area contributed by atoms with Crippen molar-refractivity contribution < 1.29 is 4.79 Å². The van der Waals surface area contributed by atoms with Gasteiger partial charge in [0.15, 0.2) is 5.13 Å². The summed E-state index contributed by atoms with van der Waals surface area (Å²) in [7, 11) is 0. The first-order valence-corrected chi connectivity index (χ1v) is 8.38. The summed E-state index contributed by atoms with van der Waals surface area (Å²) in [5, 5.41) is 7.26. The van der Waals surface area contributed by atoms with Gasteiger partial charge in [0, 0.05) is 17.8 Å². The lowest BCUT2D eigenvalue weighted by molar-refractivity contribution is 0.0958. The molecule has 1 rings (SSSR count). The van der Waals surface area contributed by atoms with Crippen LogP contribution in [0.4, 0.5) is 10.9 Å². The van der Waals surface area contributed by atoms with Gasteiger partial charge in [0.05, 0.1) is 0 Å². The molecule has 1 aromatic heterocycles. The van der Waals surface area contributed by atoms with E-state index >= 15 is 0 Å². The summed E-state index contributed by atoms with van der Waals surface area (Å²) in [4.78, 5) is 16.6. The molecule has 1 atom stereocenters. The Bertz CT molecular complexity index is 420. The molecule has 4 N–H and O–H groups in total. The number of hydrogen-bond donors (Lipinski definition) is 3. The Balaban J connectivity index is 2.54. The Hall–Kier alpha value is -0.950. The van der Waals surface area contributed by atoms with Crippen LogP contribution in [0.15, 0.2) is 0 Å². The Morgan fingerprint density at radius 3 is 2.74 bits per heavy atom. The van der Waals surface area contributed by atoms with E-state index in [2.05, 4.69) is 28.8 Å². The summed E-state index contributed by atoms with van der Waals surface area (Å²) in [6.45, 7) is 6.83. The van der Waals surface area contributed by atoms with E-state index in [1.54, 1.807) is 11.8 Å². The zero-order chi connectivity index (χ0) is 14.4. The van der Waals surface area contributed by atoms with E-state index < -0.39 is 0 Å². The number of rotatable bonds is 7. The van der Waals surface area contributed by atoms with Gasteiger partial charge in [0.1, 0.15) is 10.7 Å². The fourth-order valence-corrected chi connectivity index (χ4v) is 2.69. The Morgan fingerprint density at radius 2 is 2.16 bits per heavy atom. The SMILES string of the molecule is CSC(C)CCNC(=O)c1sc(NC(C)C)nc1N. The van der Waals surface area contributed by atoms with Crippen molar-refractivity contribution in [1.82, 2.24) is 10.3 Å². The second kappa shape index (κ2) is 7.59. The average Bonchev–Trinajstić information content (AvgIpc) is 2.68. The molecule has 5 nitrogen and oxygen atoms in total. The molecule has 108 valence electrons. The maximum absolute atomic E-state index is 12.0. The summed E-state index contributed by atoms with van der Waals surface area (Å²) in [5.41, 5.74) is 5.77. The van der Waals surface area contributed by atoms with Crippen molar-refractivity contribution in [3.05, 3.63) is 4.88 Å². The van der Waals surface area contributed by atoms with Gasteiger partial charge < -0.3 is 16.4 Å². The highest BCUT2D eigenvalue weighted by Gasteiger charge is 2.16. The lowest BCUT2D eigenvalue weighted by Crippen LogP contribution is -2.25. The summed E-state index contributed by atoms with van der Waals surface area (Å²) in [6, 6.07) is 0.267. The van der Waals surface area contributed by atoms with Crippen LogP contribution < -0.4 is 16.4 Å². The number of thiazole rings is 1. The molecule has 1 heterocycles. The maximum Gasteiger partial charge on any atom is 0.265 e. The quantitative estimate of drug-likeness (QED) is 0.721. The highest BCUT2D eigenvalue weighted by atomic mass is 32.2. The number of nitrogens with zero attached hydrogens (tertiary/aromatic N) is 1. The first-order chi connectivity index (χ1) is 8.93. The molecule has 1 unspecified atom stereocenters. The normalized spacial score (nSPS) is 12.5. The highest BCUT2D eigenvalue weighted by molar-refractivity contribution is 7.99. The third-order valence-corrected chi connectivity index (χ3v) is 4.55. The van der Waals surface area contributed by atoms with E-state index in [9.17, 15) is 4.79 Å². The summed E-state index contributed by atoms with van der Waals surface area (Å²) >= 11 is 3.09. The van der Waals surface area contributed by atoms with Crippen molar-refractivity contribution in [3.8, 4) is 0 Å². The maximum atomic E-state index is 12.0. The minimum atomic E-state index is -0.139. The van der Waals surface area contributed by atoms with E-state index in [1.807, 2.05) is 13.8 Å². The standard InChI is InChI=1S/C12H22N4OS2/c1-7(2)15-12-16-10(13)9(19-12)11(17)14-6-5-8(3)18-4/h7-8H,5-6,13H2,1-4H3,(H,14,17)(H,15,16). The number of amides is 1. The molecule has 0 fully saturated rings. The van der Waals surface area contributed by atoms with Crippen LogP contribution in [0.3, 0.4) is 0 Å². The van der Waals surface area contributed by atoms with Crippen LogP contribution in [0.25, 0.3) is 0 Å². The molecular weight excluding hydrogens is 280 g/mol. The summed E-state index contributed by atoms with van der Waals surface area (Å²) in [6.07, 6.45) is 3.01. The molecule has 0 radical (unpaired) electrons. The van der Waals surface area contributed by atoms with Crippen LogP contribution in [-0.2, 0) is 0 Å². The fraction of sp³-hybridized carbons (Fsp3) is 0.667. The topological polar surface area (TPSA) is 80.0 Å². The third-order valence-electron chi connectivity index (χ3n) is 2.51. The van der Waals surface area contributed by atoms with Gasteiger partial charge in [-0.2, -0.15) is 11.8 Å². The van der Waals surface area contributed by atoms with Crippen molar-refractivity contribution in [2.24, 2.45) is 0 Å². The van der Waals surface area contributed by atoms with E-state index in [1.165, 1.54) is 11.3 Å². The zero-order valence-corrected chi connectivity index (χ0v) is 13.5. The molecule has 0 aliphatic rings. The Morgan fingerprint density at radius 1 is 1.47 bits per heavy atom. The van der Waals surface area contributed by atoms with Gasteiger partial charge >= 0.3 is 0 Å². The van der Waals surface area contributed by atoms with Crippen LogP contribution in [0.2, 0.25) is 0 Å². The average molecular weight is 302 g/mol. The number of carbonyl (C=O) groups excluding carboxylic acids is 1. The molecule has 19 heavy (non-hydrogen) atoms. The van der Waals surface area contributed by atoms with Crippen molar-refractivity contribution in [2.75, 3.05) is 23.9 Å². The van der Waals surface area contributed by atoms with Gasteiger partial charge in [-0.05, 0) is 26.5 Å². The highest BCUT2D eigenvalue weighted by Crippen LogP contribution is 2.25. The van der Waals surface area contributed by atoms with Gasteiger partial charge in [0.25, 0.3) is 5.91 Å². The molecule has 0 aromatic carbocycles. The van der Waals surface area contributed by atoms with E-state index in [0.717, 1.165) is 6.42 Å². The number of nitrogen functional groups attached to an aromatic ring is 1.